The molecule has 0 spiro atoms. The first kappa shape index (κ1) is 21.8. The summed E-state index contributed by atoms with van der Waals surface area (Å²) in [7, 11) is -3.10. The van der Waals surface area contributed by atoms with Gasteiger partial charge in [0, 0.05) is 16.7 Å². The van der Waals surface area contributed by atoms with Crippen molar-refractivity contribution >= 4 is 19.4 Å². The standard InChI is InChI=1S/C19H32NO4PS/c1-5-19(6-2)16-12-15(21)10-9-14(16)11-17(18(19)20)26-13-25(22,23-7-3)24-8-4/h9-10,12,17-18,21H,5-8,11,13,20H2,1-4H3/t17-,18+/m0/s1. The minimum absolute atomic E-state index is 0.0893. The number of nitrogens with two attached hydrogens (primary N) is 1. The molecule has 2 atom stereocenters. The monoisotopic (exact) mass is 401 g/mol. The Morgan fingerprint density at radius 1 is 1.23 bits per heavy atom. The summed E-state index contributed by atoms with van der Waals surface area (Å²) in [5.74, 6) is 0.283. The van der Waals surface area contributed by atoms with E-state index in [1.54, 1.807) is 17.8 Å². The number of benzene rings is 1. The van der Waals surface area contributed by atoms with Crippen LogP contribution in [-0.4, -0.2) is 35.1 Å². The van der Waals surface area contributed by atoms with Crippen molar-refractivity contribution in [3.63, 3.8) is 0 Å². The van der Waals surface area contributed by atoms with Crippen molar-refractivity contribution < 1.29 is 18.7 Å². The van der Waals surface area contributed by atoms with Crippen molar-refractivity contribution in [1.82, 2.24) is 0 Å². The molecule has 26 heavy (non-hydrogen) atoms. The summed E-state index contributed by atoms with van der Waals surface area (Å²) in [6.45, 7) is 8.68. The lowest BCUT2D eigenvalue weighted by Crippen LogP contribution is -2.55. The SMILES string of the molecule is CCOP(=O)(CS[C@H]1Cc2ccc(O)cc2C(CC)(CC)[C@@H]1N)OCC. The second-order valence-corrected chi connectivity index (χ2v) is 10.4. The maximum atomic E-state index is 12.8. The molecule has 5 nitrogen and oxygen atoms in total. The van der Waals surface area contributed by atoms with Crippen LogP contribution in [0.1, 0.15) is 51.7 Å². The average Bonchev–Trinajstić information content (AvgIpc) is 2.61. The number of rotatable bonds is 9. The number of aromatic hydroxyl groups is 1. The van der Waals surface area contributed by atoms with Gasteiger partial charge in [-0.05, 0) is 56.4 Å². The van der Waals surface area contributed by atoms with Crippen LogP contribution in [0.5, 0.6) is 5.75 Å². The van der Waals surface area contributed by atoms with Gasteiger partial charge in [-0.1, -0.05) is 19.9 Å². The van der Waals surface area contributed by atoms with E-state index in [0.29, 0.717) is 18.7 Å². The van der Waals surface area contributed by atoms with E-state index in [9.17, 15) is 9.67 Å². The molecule has 0 bridgehead atoms. The van der Waals surface area contributed by atoms with Gasteiger partial charge in [0.1, 0.15) is 5.75 Å². The lowest BCUT2D eigenvalue weighted by Gasteiger charge is -2.47. The zero-order chi connectivity index (χ0) is 19.4. The molecule has 1 aromatic rings. The third-order valence-electron chi connectivity index (χ3n) is 5.45. The van der Waals surface area contributed by atoms with E-state index in [4.69, 9.17) is 14.8 Å². The lowest BCUT2D eigenvalue weighted by molar-refractivity contribution is 0.224. The molecule has 0 unspecified atom stereocenters. The van der Waals surface area contributed by atoms with Gasteiger partial charge in [-0.25, -0.2) is 0 Å². The van der Waals surface area contributed by atoms with E-state index in [-0.39, 0.29) is 22.5 Å². The number of hydrogen-bond donors (Lipinski definition) is 2. The number of hydrogen-bond acceptors (Lipinski definition) is 6. The summed E-state index contributed by atoms with van der Waals surface area (Å²) in [5.41, 5.74) is 9.24. The maximum absolute atomic E-state index is 12.8. The predicted molar refractivity (Wildman–Crippen MR) is 109 cm³/mol. The number of thioether (sulfide) groups is 1. The Bertz CT molecular complexity index is 640. The van der Waals surface area contributed by atoms with Gasteiger partial charge in [0.15, 0.2) is 0 Å². The van der Waals surface area contributed by atoms with Crippen LogP contribution in [0.4, 0.5) is 0 Å². The van der Waals surface area contributed by atoms with Crippen LogP contribution in [0.25, 0.3) is 0 Å². The molecule has 1 aliphatic carbocycles. The lowest BCUT2D eigenvalue weighted by atomic mass is 9.63. The third-order valence-corrected chi connectivity index (χ3v) is 9.50. The molecular formula is C19H32NO4PS. The Hall–Kier alpha value is -0.520. The molecule has 0 heterocycles. The van der Waals surface area contributed by atoms with Crippen LogP contribution < -0.4 is 5.73 Å². The molecule has 148 valence electrons. The normalized spacial score (nSPS) is 22.2. The molecule has 0 saturated carbocycles. The number of phenols is 1. The molecule has 3 N–H and O–H groups in total. The van der Waals surface area contributed by atoms with Gasteiger partial charge in [-0.3, -0.25) is 4.57 Å². The van der Waals surface area contributed by atoms with Crippen LogP contribution in [0.15, 0.2) is 18.2 Å². The highest BCUT2D eigenvalue weighted by molar-refractivity contribution is 8.05. The summed E-state index contributed by atoms with van der Waals surface area (Å²) in [5, 5.41) is 10.1. The molecule has 0 fully saturated rings. The second-order valence-electron chi connectivity index (χ2n) is 6.72. The molecule has 0 aromatic heterocycles. The van der Waals surface area contributed by atoms with Gasteiger partial charge in [0.25, 0.3) is 0 Å². The van der Waals surface area contributed by atoms with E-state index in [0.717, 1.165) is 24.8 Å². The van der Waals surface area contributed by atoms with E-state index in [1.165, 1.54) is 5.56 Å². The summed E-state index contributed by atoms with van der Waals surface area (Å²) >= 11 is 1.59. The Kier molecular flexibility index (Phi) is 7.63. The quantitative estimate of drug-likeness (QED) is 0.586. The topological polar surface area (TPSA) is 81.8 Å². The van der Waals surface area contributed by atoms with Crippen LogP contribution in [-0.2, 0) is 25.4 Å². The van der Waals surface area contributed by atoms with Crippen LogP contribution in [0.3, 0.4) is 0 Å². The van der Waals surface area contributed by atoms with Crippen molar-refractivity contribution in [2.75, 3.05) is 18.7 Å². The highest BCUT2D eigenvalue weighted by Gasteiger charge is 2.45. The molecule has 7 heteroatoms. The van der Waals surface area contributed by atoms with E-state index >= 15 is 0 Å². The number of phenolic OH excluding ortho intramolecular Hbond substituents is 1. The van der Waals surface area contributed by atoms with Gasteiger partial charge in [-0.2, -0.15) is 0 Å². The first-order valence-corrected chi connectivity index (χ1v) is 12.2. The second kappa shape index (κ2) is 9.11. The van der Waals surface area contributed by atoms with Crippen molar-refractivity contribution in [2.45, 2.75) is 63.7 Å². The van der Waals surface area contributed by atoms with Crippen molar-refractivity contribution in [3.8, 4) is 5.75 Å². The molecule has 2 rings (SSSR count). The van der Waals surface area contributed by atoms with Crippen molar-refractivity contribution in [1.29, 1.82) is 0 Å². The first-order chi connectivity index (χ1) is 12.4. The minimum Gasteiger partial charge on any atom is -0.508 e. The number of fused-ring (bicyclic) bond motifs is 1. The van der Waals surface area contributed by atoms with Crippen LogP contribution in [0, 0.1) is 0 Å². The first-order valence-electron chi connectivity index (χ1n) is 9.43. The van der Waals surface area contributed by atoms with Gasteiger partial charge < -0.3 is 19.9 Å². The zero-order valence-electron chi connectivity index (χ0n) is 16.2. The highest BCUT2D eigenvalue weighted by atomic mass is 32.2. The Balaban J connectivity index is 2.29. The Labute approximate surface area is 161 Å². The Morgan fingerprint density at radius 3 is 2.38 bits per heavy atom. The maximum Gasteiger partial charge on any atom is 0.340 e. The fourth-order valence-electron chi connectivity index (χ4n) is 4.04. The van der Waals surface area contributed by atoms with Gasteiger partial charge in [0.2, 0.25) is 0 Å². The predicted octanol–water partition coefficient (Wildman–Crippen LogP) is 4.66. The van der Waals surface area contributed by atoms with Gasteiger partial charge in [-0.15, -0.1) is 11.8 Å². The van der Waals surface area contributed by atoms with Crippen molar-refractivity contribution in [2.24, 2.45) is 5.73 Å². The van der Waals surface area contributed by atoms with E-state index in [2.05, 4.69) is 13.8 Å². The highest BCUT2D eigenvalue weighted by Crippen LogP contribution is 2.54. The molecule has 0 saturated heterocycles. The third kappa shape index (κ3) is 4.31. The fraction of sp³-hybridized carbons (Fsp3) is 0.684. The largest absolute Gasteiger partial charge is 0.508 e. The summed E-state index contributed by atoms with van der Waals surface area (Å²) in [6, 6.07) is 5.51. The van der Waals surface area contributed by atoms with Gasteiger partial charge in [0.05, 0.1) is 18.7 Å². The Morgan fingerprint density at radius 2 is 1.85 bits per heavy atom. The average molecular weight is 402 g/mol. The molecule has 0 aliphatic heterocycles. The summed E-state index contributed by atoms with van der Waals surface area (Å²) in [6.07, 6.45) is 2.58. The fourth-order valence-corrected chi connectivity index (χ4v) is 7.76. The van der Waals surface area contributed by atoms with Crippen LogP contribution >= 0.6 is 19.4 Å². The molecule has 0 amide bonds. The van der Waals surface area contributed by atoms with Crippen LogP contribution in [0.2, 0.25) is 0 Å². The van der Waals surface area contributed by atoms with E-state index < -0.39 is 7.60 Å². The van der Waals surface area contributed by atoms with Crippen molar-refractivity contribution in [3.05, 3.63) is 29.3 Å². The van der Waals surface area contributed by atoms with E-state index in [1.807, 2.05) is 26.0 Å². The summed E-state index contributed by atoms with van der Waals surface area (Å²) in [4.78, 5) is 0. The molecule has 1 aromatic carbocycles. The smallest absolute Gasteiger partial charge is 0.340 e. The zero-order valence-corrected chi connectivity index (χ0v) is 17.9. The molecule has 1 aliphatic rings. The minimum atomic E-state index is -3.10. The summed E-state index contributed by atoms with van der Waals surface area (Å²) < 4.78 is 23.7. The molecular weight excluding hydrogens is 369 g/mol. The molecule has 0 radical (unpaired) electrons. The van der Waals surface area contributed by atoms with Gasteiger partial charge >= 0.3 is 7.60 Å².